The van der Waals surface area contributed by atoms with E-state index in [1.165, 1.54) is 32.4 Å². The Labute approximate surface area is 112 Å². The van der Waals surface area contributed by atoms with Gasteiger partial charge in [0.1, 0.15) is 0 Å². The molecule has 0 amide bonds. The first-order chi connectivity index (χ1) is 8.74. The molecule has 1 aromatic rings. The summed E-state index contributed by atoms with van der Waals surface area (Å²) >= 11 is 0. The molecule has 1 aliphatic heterocycles. The average Bonchev–Trinajstić information content (AvgIpc) is 2.42. The first-order valence-electron chi connectivity index (χ1n) is 6.37. The van der Waals surface area contributed by atoms with E-state index in [0.717, 1.165) is 4.90 Å². The van der Waals surface area contributed by atoms with Crippen LogP contribution in [-0.4, -0.2) is 35.1 Å². The van der Waals surface area contributed by atoms with Crippen molar-refractivity contribution in [3.05, 3.63) is 18.3 Å². The number of piperidine rings is 1. The summed E-state index contributed by atoms with van der Waals surface area (Å²) < 4.78 is 16.1. The third-order valence-corrected chi connectivity index (χ3v) is 3.45. The fourth-order valence-corrected chi connectivity index (χ4v) is 2.03. The minimum Gasteiger partial charge on any atom is -0.478 e. The summed E-state index contributed by atoms with van der Waals surface area (Å²) in [5.41, 5.74) is 0. The quantitative estimate of drug-likeness (QED) is 0.912. The van der Waals surface area contributed by atoms with Crippen molar-refractivity contribution in [1.29, 1.82) is 0 Å². The van der Waals surface area contributed by atoms with E-state index < -0.39 is 10.8 Å². The Balaban J connectivity index is 0.000000225. The third kappa shape index (κ3) is 6.12. The monoisotopic (exact) mass is 270 g/mol. The normalized spacial score (nSPS) is 16.3. The summed E-state index contributed by atoms with van der Waals surface area (Å²) in [6.45, 7) is 5.00. The van der Waals surface area contributed by atoms with Crippen molar-refractivity contribution in [2.75, 3.05) is 26.0 Å². The van der Waals surface area contributed by atoms with Gasteiger partial charge < -0.3 is 10.1 Å². The summed E-state index contributed by atoms with van der Waals surface area (Å²) in [5, 5.41) is 3.28. The van der Waals surface area contributed by atoms with Crippen molar-refractivity contribution in [3.63, 3.8) is 0 Å². The zero-order valence-electron chi connectivity index (χ0n) is 11.1. The minimum atomic E-state index is -0.959. The maximum Gasteiger partial charge on any atom is 0.213 e. The molecule has 0 saturated carbocycles. The van der Waals surface area contributed by atoms with Gasteiger partial charge in [0.15, 0.2) is 0 Å². The van der Waals surface area contributed by atoms with Crippen molar-refractivity contribution >= 4 is 10.8 Å². The highest BCUT2D eigenvalue weighted by Crippen LogP contribution is 2.09. The van der Waals surface area contributed by atoms with E-state index in [2.05, 4.69) is 10.3 Å². The summed E-state index contributed by atoms with van der Waals surface area (Å²) in [6, 6.07) is 3.48. The Bertz CT molecular complexity index is 339. The molecule has 1 atom stereocenters. The molecule has 2 rings (SSSR count). The highest BCUT2D eigenvalue weighted by Gasteiger charge is 1.98. The molecule has 102 valence electrons. The second-order valence-corrected chi connectivity index (χ2v) is 5.41. The highest BCUT2D eigenvalue weighted by atomic mass is 32.2. The number of nitrogens with zero attached hydrogens (tertiary/aromatic N) is 1. The standard InChI is InChI=1S/C8H11NO2S.C5H11N/c1-3-11-8-5-4-7(6-9-8)12(2)10;1-2-4-6-5-3-1/h4-6H,3H2,1-2H3;6H,1-5H2. The van der Waals surface area contributed by atoms with Crippen LogP contribution in [-0.2, 0) is 10.8 Å². The zero-order valence-corrected chi connectivity index (χ0v) is 12.0. The number of hydrogen-bond donors (Lipinski definition) is 1. The van der Waals surface area contributed by atoms with E-state index in [1.54, 1.807) is 24.6 Å². The van der Waals surface area contributed by atoms with Crippen LogP contribution in [0.5, 0.6) is 5.88 Å². The summed E-state index contributed by atoms with van der Waals surface area (Å²) in [6.07, 6.45) is 7.41. The van der Waals surface area contributed by atoms with Gasteiger partial charge in [-0.2, -0.15) is 0 Å². The van der Waals surface area contributed by atoms with Crippen LogP contribution >= 0.6 is 0 Å². The van der Waals surface area contributed by atoms with Crippen LogP contribution in [0.1, 0.15) is 26.2 Å². The second kappa shape index (κ2) is 9.05. The van der Waals surface area contributed by atoms with E-state index in [0.29, 0.717) is 12.5 Å². The number of hydrogen-bond acceptors (Lipinski definition) is 4. The van der Waals surface area contributed by atoms with Gasteiger partial charge in [-0.05, 0) is 38.9 Å². The van der Waals surface area contributed by atoms with Crippen LogP contribution in [0.15, 0.2) is 23.2 Å². The van der Waals surface area contributed by atoms with Gasteiger partial charge in [-0.25, -0.2) is 4.98 Å². The maximum atomic E-state index is 10.9. The van der Waals surface area contributed by atoms with Gasteiger partial charge in [-0.1, -0.05) is 6.42 Å². The molecule has 0 aromatic carbocycles. The molecule has 4 nitrogen and oxygen atoms in total. The average molecular weight is 270 g/mol. The van der Waals surface area contributed by atoms with Crippen molar-refractivity contribution in [3.8, 4) is 5.88 Å². The van der Waals surface area contributed by atoms with Crippen molar-refractivity contribution in [2.45, 2.75) is 31.1 Å². The molecule has 1 N–H and O–H groups in total. The van der Waals surface area contributed by atoms with E-state index >= 15 is 0 Å². The first kappa shape index (κ1) is 15.1. The molecule has 0 radical (unpaired) electrons. The molecule has 1 aliphatic rings. The molecular formula is C13H22N2O2S. The van der Waals surface area contributed by atoms with Crippen LogP contribution in [0.25, 0.3) is 0 Å². The van der Waals surface area contributed by atoms with Gasteiger partial charge in [0, 0.05) is 18.5 Å². The van der Waals surface area contributed by atoms with Crippen LogP contribution < -0.4 is 10.1 Å². The molecular weight excluding hydrogens is 248 g/mol. The molecule has 1 aromatic heterocycles. The maximum absolute atomic E-state index is 10.9. The largest absolute Gasteiger partial charge is 0.478 e. The summed E-state index contributed by atoms with van der Waals surface area (Å²) in [7, 11) is -0.959. The van der Waals surface area contributed by atoms with E-state index in [4.69, 9.17) is 4.74 Å². The smallest absolute Gasteiger partial charge is 0.213 e. The van der Waals surface area contributed by atoms with Crippen LogP contribution in [0.3, 0.4) is 0 Å². The molecule has 5 heteroatoms. The van der Waals surface area contributed by atoms with E-state index in [-0.39, 0.29) is 0 Å². The number of pyridine rings is 1. The zero-order chi connectivity index (χ0) is 13.2. The number of nitrogens with one attached hydrogen (secondary N) is 1. The number of aromatic nitrogens is 1. The number of rotatable bonds is 3. The Morgan fingerprint density at radius 2 is 2.06 bits per heavy atom. The van der Waals surface area contributed by atoms with Crippen molar-refractivity contribution in [1.82, 2.24) is 10.3 Å². The Hall–Kier alpha value is -0.940. The fraction of sp³-hybridized carbons (Fsp3) is 0.615. The van der Waals surface area contributed by atoms with Gasteiger partial charge in [0.25, 0.3) is 0 Å². The molecule has 1 unspecified atom stereocenters. The van der Waals surface area contributed by atoms with Crippen molar-refractivity contribution in [2.24, 2.45) is 0 Å². The topological polar surface area (TPSA) is 51.2 Å². The summed E-state index contributed by atoms with van der Waals surface area (Å²) in [4.78, 5) is 4.70. The predicted octanol–water partition coefficient (Wildman–Crippen LogP) is 1.98. The van der Waals surface area contributed by atoms with E-state index in [1.807, 2.05) is 6.92 Å². The lowest BCUT2D eigenvalue weighted by molar-refractivity contribution is 0.326. The van der Waals surface area contributed by atoms with Crippen LogP contribution in [0.4, 0.5) is 0 Å². The summed E-state index contributed by atoms with van der Waals surface area (Å²) in [5.74, 6) is 0.576. The van der Waals surface area contributed by atoms with E-state index in [9.17, 15) is 4.21 Å². The molecule has 2 heterocycles. The molecule has 1 fully saturated rings. The Kier molecular flexibility index (Phi) is 7.60. The van der Waals surface area contributed by atoms with Gasteiger partial charge >= 0.3 is 0 Å². The Morgan fingerprint density at radius 3 is 2.39 bits per heavy atom. The fourth-order valence-electron chi connectivity index (χ4n) is 1.57. The van der Waals surface area contributed by atoms with Gasteiger partial charge in [-0.15, -0.1) is 0 Å². The second-order valence-electron chi connectivity index (χ2n) is 4.03. The molecule has 0 bridgehead atoms. The van der Waals surface area contributed by atoms with Crippen LogP contribution in [0.2, 0.25) is 0 Å². The Morgan fingerprint density at radius 1 is 1.33 bits per heavy atom. The lowest BCUT2D eigenvalue weighted by Crippen LogP contribution is -2.21. The van der Waals surface area contributed by atoms with Gasteiger partial charge in [-0.3, -0.25) is 4.21 Å². The first-order valence-corrected chi connectivity index (χ1v) is 7.93. The predicted molar refractivity (Wildman–Crippen MR) is 74.5 cm³/mol. The molecule has 0 spiro atoms. The van der Waals surface area contributed by atoms with Gasteiger partial charge in [0.05, 0.1) is 22.3 Å². The molecule has 1 saturated heterocycles. The molecule has 0 aliphatic carbocycles. The SMILES string of the molecule is C1CCNCC1.CCOc1ccc(S(C)=O)cn1. The minimum absolute atomic E-state index is 0.576. The van der Waals surface area contributed by atoms with Gasteiger partial charge in [0.2, 0.25) is 5.88 Å². The molecule has 18 heavy (non-hydrogen) atoms. The lowest BCUT2D eigenvalue weighted by Gasteiger charge is -2.08. The number of ether oxygens (including phenoxy) is 1. The highest BCUT2D eigenvalue weighted by molar-refractivity contribution is 7.84. The lowest BCUT2D eigenvalue weighted by atomic mass is 10.2. The third-order valence-electron chi connectivity index (χ3n) is 2.54. The van der Waals surface area contributed by atoms with Crippen molar-refractivity contribution < 1.29 is 8.95 Å². The van der Waals surface area contributed by atoms with Crippen LogP contribution in [0, 0.1) is 0 Å².